The highest BCUT2D eigenvalue weighted by Gasteiger charge is 2.28. The van der Waals surface area contributed by atoms with Gasteiger partial charge < -0.3 is 16.2 Å². The van der Waals surface area contributed by atoms with Crippen LogP contribution in [0.3, 0.4) is 0 Å². The van der Waals surface area contributed by atoms with E-state index >= 15 is 0 Å². The van der Waals surface area contributed by atoms with Gasteiger partial charge in [-0.1, -0.05) is 71.7 Å². The van der Waals surface area contributed by atoms with Crippen molar-refractivity contribution in [2.24, 2.45) is 5.92 Å². The van der Waals surface area contributed by atoms with Crippen molar-refractivity contribution in [3.8, 4) is 0 Å². The van der Waals surface area contributed by atoms with Gasteiger partial charge in [0.15, 0.2) is 21.8 Å². The number of aromatic nitrogens is 3. The number of nitrogens with zero attached hydrogens (tertiary/aromatic N) is 3. The fraction of sp³-hybridized carbons (Fsp3) is 0.421. The van der Waals surface area contributed by atoms with Crippen LogP contribution < -0.4 is 11.1 Å². The Morgan fingerprint density at radius 3 is 2.76 bits per heavy atom. The molecule has 0 amide bonds. The SMILES string of the molecule is CC(C)C[C@H](CO)Nc1nc(S[C@@](C)(I)c2cccc(F)c2)nc2nc(N)sc12. The minimum atomic E-state index is -0.485. The Morgan fingerprint density at radius 2 is 2.10 bits per heavy atom. The summed E-state index contributed by atoms with van der Waals surface area (Å²) < 4.78 is 14.0. The first-order valence-electron chi connectivity index (χ1n) is 9.13. The Labute approximate surface area is 191 Å². The number of fused-ring (bicyclic) bond motifs is 1. The number of aliphatic hydroxyl groups is 1. The Balaban J connectivity index is 1.96. The molecule has 2 aromatic heterocycles. The lowest BCUT2D eigenvalue weighted by atomic mass is 10.0. The number of thiazole rings is 1. The van der Waals surface area contributed by atoms with Crippen molar-refractivity contribution in [1.29, 1.82) is 0 Å². The molecule has 0 fully saturated rings. The number of aliphatic hydroxyl groups excluding tert-OH is 1. The number of hydrogen-bond acceptors (Lipinski definition) is 8. The molecule has 10 heteroatoms. The van der Waals surface area contributed by atoms with E-state index < -0.39 is 2.75 Å². The van der Waals surface area contributed by atoms with E-state index in [9.17, 15) is 9.50 Å². The summed E-state index contributed by atoms with van der Waals surface area (Å²) in [7, 11) is 0. The summed E-state index contributed by atoms with van der Waals surface area (Å²) in [5.41, 5.74) is 7.24. The van der Waals surface area contributed by atoms with Crippen LogP contribution in [0.2, 0.25) is 0 Å². The van der Waals surface area contributed by atoms with Gasteiger partial charge in [-0.05, 0) is 37.0 Å². The zero-order valence-corrected chi connectivity index (χ0v) is 20.1. The summed E-state index contributed by atoms with van der Waals surface area (Å²) in [6.07, 6.45) is 0.798. The van der Waals surface area contributed by atoms with Crippen molar-refractivity contribution in [2.75, 3.05) is 17.7 Å². The zero-order chi connectivity index (χ0) is 21.2. The average Bonchev–Trinajstić information content (AvgIpc) is 3.00. The van der Waals surface area contributed by atoms with E-state index in [1.54, 1.807) is 6.07 Å². The van der Waals surface area contributed by atoms with Crippen LogP contribution in [0.5, 0.6) is 0 Å². The van der Waals surface area contributed by atoms with Crippen LogP contribution in [0.1, 0.15) is 32.8 Å². The summed E-state index contributed by atoms with van der Waals surface area (Å²) in [5.74, 6) is 0.747. The third-order valence-corrected chi connectivity index (χ3v) is 7.34. The summed E-state index contributed by atoms with van der Waals surface area (Å²) in [4.78, 5) is 13.6. The van der Waals surface area contributed by atoms with Crippen molar-refractivity contribution in [2.45, 2.75) is 41.1 Å². The molecule has 2 heterocycles. The van der Waals surface area contributed by atoms with E-state index in [4.69, 9.17) is 5.73 Å². The highest BCUT2D eigenvalue weighted by molar-refractivity contribution is 14.1. The molecule has 0 unspecified atom stereocenters. The van der Waals surface area contributed by atoms with Gasteiger partial charge >= 0.3 is 0 Å². The first-order chi connectivity index (χ1) is 13.7. The molecule has 0 radical (unpaired) electrons. The molecule has 4 N–H and O–H groups in total. The third-order valence-electron chi connectivity index (χ3n) is 4.19. The van der Waals surface area contributed by atoms with Gasteiger partial charge in [-0.15, -0.1) is 0 Å². The molecule has 1 aromatic carbocycles. The molecule has 6 nitrogen and oxygen atoms in total. The van der Waals surface area contributed by atoms with Crippen LogP contribution in [0, 0.1) is 11.7 Å². The molecule has 3 aromatic rings. The standard InChI is InChI=1S/C19H23FIN5OS2/c1-10(2)7-13(9-27)23-15-14-16(24-17(22)28-14)26-18(25-15)29-19(3,21)11-5-4-6-12(20)8-11/h4-6,8,10,13,27H,7,9H2,1-3H3,(H3,22,23,24,25,26)/t13-,19-/m1/s1. The van der Waals surface area contributed by atoms with Gasteiger partial charge in [0.1, 0.15) is 10.5 Å². The fourth-order valence-corrected chi connectivity index (χ4v) is 5.41. The molecule has 2 atom stereocenters. The van der Waals surface area contributed by atoms with E-state index in [1.165, 1.54) is 35.2 Å². The largest absolute Gasteiger partial charge is 0.394 e. The van der Waals surface area contributed by atoms with Gasteiger partial charge in [0.05, 0.1) is 15.4 Å². The van der Waals surface area contributed by atoms with Gasteiger partial charge in [-0.2, -0.15) is 0 Å². The monoisotopic (exact) mass is 547 g/mol. The van der Waals surface area contributed by atoms with Gasteiger partial charge in [-0.25, -0.2) is 19.3 Å². The second kappa shape index (κ2) is 9.27. The summed E-state index contributed by atoms with van der Waals surface area (Å²) >= 11 is 4.99. The molecule has 0 aliphatic rings. The summed E-state index contributed by atoms with van der Waals surface area (Å²) in [6, 6.07) is 6.38. The number of hydrogen-bond donors (Lipinski definition) is 3. The quantitative estimate of drug-likeness (QED) is 0.158. The molecular weight excluding hydrogens is 524 g/mol. The van der Waals surface area contributed by atoms with Gasteiger partial charge in [0.25, 0.3) is 0 Å². The summed E-state index contributed by atoms with van der Waals surface area (Å²) in [6.45, 7) is 6.19. The van der Waals surface area contributed by atoms with E-state index in [2.05, 4.69) is 56.7 Å². The Hall–Kier alpha value is -1.24. The second-order valence-electron chi connectivity index (χ2n) is 7.24. The van der Waals surface area contributed by atoms with Crippen LogP contribution in [0.15, 0.2) is 29.4 Å². The van der Waals surface area contributed by atoms with Gasteiger partial charge in [0, 0.05) is 0 Å². The lowest BCUT2D eigenvalue weighted by Crippen LogP contribution is -2.26. The van der Waals surface area contributed by atoms with E-state index in [0.29, 0.717) is 27.7 Å². The number of thioether (sulfide) groups is 1. The van der Waals surface area contributed by atoms with Crippen molar-refractivity contribution >= 4 is 67.0 Å². The lowest BCUT2D eigenvalue weighted by molar-refractivity contribution is 0.259. The predicted octanol–water partition coefficient (Wildman–Crippen LogP) is 5.03. The molecule has 29 heavy (non-hydrogen) atoms. The number of nitrogen functional groups attached to an aromatic ring is 1. The molecule has 0 saturated carbocycles. The first kappa shape index (κ1) is 22.4. The lowest BCUT2D eigenvalue weighted by Gasteiger charge is -2.23. The molecular formula is C19H23FIN5OS2. The van der Waals surface area contributed by atoms with Gasteiger partial charge in [0.2, 0.25) is 0 Å². The number of rotatable bonds is 8. The Morgan fingerprint density at radius 1 is 1.34 bits per heavy atom. The van der Waals surface area contributed by atoms with Crippen LogP contribution in [-0.4, -0.2) is 32.7 Å². The number of benzene rings is 1. The molecule has 0 spiro atoms. The molecule has 3 rings (SSSR count). The van der Waals surface area contributed by atoms with E-state index in [1.807, 2.05) is 13.0 Å². The minimum Gasteiger partial charge on any atom is -0.394 e. The topological polar surface area (TPSA) is 97.0 Å². The maximum absolute atomic E-state index is 13.7. The molecule has 0 saturated heterocycles. The number of nitrogens with one attached hydrogen (secondary N) is 1. The number of nitrogens with two attached hydrogens (primary N) is 1. The van der Waals surface area contributed by atoms with Crippen LogP contribution in [-0.2, 0) is 2.75 Å². The van der Waals surface area contributed by atoms with E-state index in [-0.39, 0.29) is 18.5 Å². The molecule has 0 bridgehead atoms. The van der Waals surface area contributed by atoms with Crippen molar-refractivity contribution < 1.29 is 9.50 Å². The van der Waals surface area contributed by atoms with Crippen LogP contribution >= 0.6 is 45.7 Å². The predicted molar refractivity (Wildman–Crippen MR) is 127 cm³/mol. The zero-order valence-electron chi connectivity index (χ0n) is 16.3. The average molecular weight is 547 g/mol. The minimum absolute atomic E-state index is 0.00622. The number of halogens is 2. The third kappa shape index (κ3) is 5.68. The number of anilines is 2. The van der Waals surface area contributed by atoms with Crippen LogP contribution in [0.4, 0.5) is 15.3 Å². The first-order valence-corrected chi connectivity index (χ1v) is 11.8. The Bertz CT molecular complexity index is 998. The normalized spacial score (nSPS) is 14.9. The maximum atomic E-state index is 13.7. The number of alkyl halides is 1. The smallest absolute Gasteiger partial charge is 0.193 e. The van der Waals surface area contributed by atoms with E-state index in [0.717, 1.165) is 16.7 Å². The van der Waals surface area contributed by atoms with Crippen molar-refractivity contribution in [1.82, 2.24) is 15.0 Å². The fourth-order valence-electron chi connectivity index (χ4n) is 2.90. The molecule has 0 aliphatic carbocycles. The van der Waals surface area contributed by atoms with Gasteiger partial charge in [-0.3, -0.25) is 0 Å². The maximum Gasteiger partial charge on any atom is 0.193 e. The highest BCUT2D eigenvalue weighted by Crippen LogP contribution is 2.46. The Kier molecular flexibility index (Phi) is 7.18. The second-order valence-corrected chi connectivity index (χ2v) is 12.5. The highest BCUT2D eigenvalue weighted by atomic mass is 127. The molecule has 156 valence electrons. The van der Waals surface area contributed by atoms with Crippen molar-refractivity contribution in [3.63, 3.8) is 0 Å². The van der Waals surface area contributed by atoms with Crippen molar-refractivity contribution in [3.05, 3.63) is 35.6 Å². The summed E-state index contributed by atoms with van der Waals surface area (Å²) in [5, 5.41) is 14.0. The van der Waals surface area contributed by atoms with Crippen LogP contribution in [0.25, 0.3) is 10.3 Å². The molecule has 0 aliphatic heterocycles.